The minimum Gasteiger partial charge on any atom is -0.309 e. The van der Waals surface area contributed by atoms with Crippen LogP contribution in [0.15, 0.2) is 510 Å². The third-order valence-corrected chi connectivity index (χ3v) is 39.8. The molecule has 12 nitrogen and oxygen atoms in total. The van der Waals surface area contributed by atoms with Crippen molar-refractivity contribution in [3.05, 3.63) is 510 Å². The highest BCUT2D eigenvalue weighted by molar-refractivity contribution is 7.88. The molecule has 9 heterocycles. The van der Waals surface area contributed by atoms with E-state index >= 15 is 13.7 Å². The van der Waals surface area contributed by atoms with Crippen molar-refractivity contribution in [3.8, 4) is 107 Å². The van der Waals surface area contributed by atoms with Crippen molar-refractivity contribution in [2.24, 2.45) is 0 Å². The van der Waals surface area contributed by atoms with Gasteiger partial charge in [-0.15, -0.1) is 0 Å². The van der Waals surface area contributed by atoms with E-state index in [1.54, 1.807) is 0 Å². The van der Waals surface area contributed by atoms with E-state index < -0.39 is 21.4 Å². The van der Waals surface area contributed by atoms with Gasteiger partial charge in [-0.3, -0.25) is 13.7 Å². The van der Waals surface area contributed by atoms with Gasteiger partial charge in [0.1, 0.15) is 0 Å². The molecule has 0 fully saturated rings. The van der Waals surface area contributed by atoms with Crippen molar-refractivity contribution in [3.63, 3.8) is 0 Å². The first-order chi connectivity index (χ1) is 73.6. The minimum absolute atomic E-state index is 0.577. The van der Waals surface area contributed by atoms with Crippen LogP contribution in [-0.2, 0) is 13.7 Å². The SMILES string of the molecule is O=P1(c2ccccc2)c2ccccc2-c2ccc3c(c21)c1ccccc1n3-c1nc(-c2ccc(-c3cccc4ccccc34)cc2)c2ccccc2n1.O=P1(c2ccccc2)c2ccccc2-c2ccc3c(c21)c1ccccc1n3-c1nc(-c2ccc(-c3ccccc3)cc2)c2ccccc2n1.O=P1(c2ccccc2)c2ccccc2-c2ccc3c(c21)c1ccccc1n3-c1nc(-c2ccc3ccccc3c2)c2ccccc2n1. The van der Waals surface area contributed by atoms with Crippen molar-refractivity contribution >= 4 is 189 Å². The summed E-state index contributed by atoms with van der Waals surface area (Å²) in [5.74, 6) is 1.74. The van der Waals surface area contributed by atoms with Gasteiger partial charge in [0.05, 0.1) is 66.7 Å². The Kier molecular flexibility index (Phi) is 20.2. The van der Waals surface area contributed by atoms with Crippen LogP contribution in [0, 0.1) is 0 Å². The van der Waals surface area contributed by atoms with Crippen LogP contribution in [0.1, 0.15) is 0 Å². The molecule has 698 valence electrons. The van der Waals surface area contributed by atoms with E-state index in [2.05, 4.69) is 323 Å². The molecular weight excluding hydrogens is 1880 g/mol. The first-order valence-corrected chi connectivity index (χ1v) is 55.2. The predicted molar refractivity (Wildman–Crippen MR) is 619 cm³/mol. The molecular formula is C134H84N9O3P3. The zero-order valence-electron chi connectivity index (χ0n) is 80.1. The van der Waals surface area contributed by atoms with E-state index in [0.717, 1.165) is 230 Å². The van der Waals surface area contributed by atoms with E-state index in [0.29, 0.717) is 17.8 Å². The first-order valence-electron chi connectivity index (χ1n) is 50.1. The number of fused-ring (bicyclic) bond motifs is 26. The van der Waals surface area contributed by atoms with Gasteiger partial charge in [-0.05, 0) is 138 Å². The normalized spacial score (nSPS) is 15.1. The number of nitrogens with zero attached hydrogens (tertiary/aromatic N) is 9. The molecule has 3 atom stereocenters. The monoisotopic (exact) mass is 1960 g/mol. The van der Waals surface area contributed by atoms with Crippen molar-refractivity contribution < 1.29 is 13.7 Å². The van der Waals surface area contributed by atoms with Crippen molar-refractivity contribution in [1.82, 2.24) is 43.6 Å². The number of benzene rings is 22. The highest BCUT2D eigenvalue weighted by Crippen LogP contribution is 2.59. The molecule has 22 aromatic carbocycles. The van der Waals surface area contributed by atoms with Gasteiger partial charge in [0.25, 0.3) is 0 Å². The molecule has 0 saturated heterocycles. The second kappa shape index (κ2) is 34.6. The predicted octanol–water partition coefficient (Wildman–Crippen LogP) is 29.7. The quantitative estimate of drug-likeness (QED) is 0.116. The summed E-state index contributed by atoms with van der Waals surface area (Å²) in [6, 6.07) is 175. The molecule has 0 spiro atoms. The Hall–Kier alpha value is -18.5. The van der Waals surface area contributed by atoms with Crippen LogP contribution in [0.3, 0.4) is 0 Å². The number of hydrogen-bond acceptors (Lipinski definition) is 9. The average molecular weight is 1960 g/mol. The Bertz CT molecular complexity index is 10600. The Morgan fingerprint density at radius 1 is 0.168 bits per heavy atom. The lowest BCUT2D eigenvalue weighted by atomic mass is 9.96. The third-order valence-electron chi connectivity index (χ3n) is 30.3. The van der Waals surface area contributed by atoms with Gasteiger partial charge in [0.2, 0.25) is 17.8 Å². The summed E-state index contributed by atoms with van der Waals surface area (Å²) in [5, 5.41) is 21.7. The molecule has 6 aromatic heterocycles. The van der Waals surface area contributed by atoms with Gasteiger partial charge in [-0.2, -0.15) is 0 Å². The molecule has 28 aromatic rings. The second-order valence-electron chi connectivity index (χ2n) is 38.3. The van der Waals surface area contributed by atoms with E-state index in [4.69, 9.17) is 29.9 Å². The maximum absolute atomic E-state index is 15.8. The second-order valence-corrected chi connectivity index (χ2v) is 46.3. The third kappa shape index (κ3) is 13.5. The Morgan fingerprint density at radius 2 is 0.450 bits per heavy atom. The molecule has 3 aliphatic rings. The molecule has 3 unspecified atom stereocenters. The lowest BCUT2D eigenvalue weighted by Crippen LogP contribution is -2.21. The van der Waals surface area contributed by atoms with Gasteiger partial charge >= 0.3 is 0 Å². The minimum atomic E-state index is -3.23. The van der Waals surface area contributed by atoms with Crippen LogP contribution in [0.25, 0.3) is 227 Å². The van der Waals surface area contributed by atoms with Crippen LogP contribution in [-0.4, -0.2) is 43.6 Å². The molecule has 3 aliphatic heterocycles. The van der Waals surface area contributed by atoms with Crippen LogP contribution < -0.4 is 47.7 Å². The summed E-state index contributed by atoms with van der Waals surface area (Å²) in [4.78, 5) is 31.6. The molecule has 15 heteroatoms. The lowest BCUT2D eigenvalue weighted by molar-refractivity contribution is 0.592. The summed E-state index contributed by atoms with van der Waals surface area (Å²) in [6.07, 6.45) is 0. The number of hydrogen-bond donors (Lipinski definition) is 0. The standard InChI is InChI=1S/C48H30N3OP.C44H28N3OP.C42H26N3OP/c52-53(34-15-2-1-3-16-34)44-24-11-8-18-37(44)38-29-30-43-45(47(38)53)40-20-7-10-23-42(40)51(43)48-49-41-22-9-6-19-39(41)46(50-48)33-27-25-32(26-28-33)36-21-12-14-31-13-4-5-17-35(31)36;48-49(32-15-5-2-6-16-32)40-22-12-9-17-33(40)34-27-28-39-41(43(34)49)36-19-8-11-21-38(36)47(39)44-45-37-20-10-7-18-35(37)42(46-44)31-25-23-30(24-26-31)29-13-3-1-4-14-29;46-47(30-14-2-1-3-15-30)38-21-11-8-16-31(38)32-24-25-37-39(41(32)47)34-18-7-10-20-36(34)45(37)42-43-35-19-9-6-17-33(35)40(44-42)29-23-22-27-12-4-5-13-28(27)26-29/h1-30H;1-28H;1-26H. The largest absolute Gasteiger partial charge is 0.309 e. The molecule has 0 amide bonds. The van der Waals surface area contributed by atoms with E-state index in [1.807, 2.05) is 200 Å². The number of aromatic nitrogens is 9. The first kappa shape index (κ1) is 87.1. The average Bonchev–Trinajstić information content (AvgIpc) is 1.53. The number of rotatable bonds is 11. The molecule has 0 radical (unpaired) electrons. The van der Waals surface area contributed by atoms with Crippen LogP contribution in [0.2, 0.25) is 0 Å². The van der Waals surface area contributed by atoms with Crippen molar-refractivity contribution in [1.29, 1.82) is 0 Å². The van der Waals surface area contributed by atoms with Crippen LogP contribution >= 0.6 is 21.4 Å². The number of para-hydroxylation sites is 6. The van der Waals surface area contributed by atoms with E-state index in [1.165, 1.54) is 27.3 Å². The molecule has 149 heavy (non-hydrogen) atoms. The van der Waals surface area contributed by atoms with Crippen molar-refractivity contribution in [2.75, 3.05) is 0 Å². The Morgan fingerprint density at radius 3 is 0.852 bits per heavy atom. The summed E-state index contributed by atoms with van der Waals surface area (Å²) >= 11 is 0. The molecule has 0 saturated carbocycles. The highest BCUT2D eigenvalue weighted by atomic mass is 31.2. The van der Waals surface area contributed by atoms with Gasteiger partial charge in [-0.25, -0.2) is 29.9 Å². The zero-order chi connectivity index (χ0) is 98.7. The van der Waals surface area contributed by atoms with Crippen LogP contribution in [0.5, 0.6) is 0 Å². The lowest BCUT2D eigenvalue weighted by Gasteiger charge is -2.17. The molecule has 0 bridgehead atoms. The molecule has 31 rings (SSSR count). The van der Waals surface area contributed by atoms with Gasteiger partial charge < -0.3 is 13.7 Å². The maximum Gasteiger partial charge on any atom is 0.235 e. The maximum atomic E-state index is 15.8. The molecule has 0 N–H and O–H groups in total. The summed E-state index contributed by atoms with van der Waals surface area (Å²) in [7, 11) is -9.64. The Labute approximate surface area is 856 Å². The van der Waals surface area contributed by atoms with Crippen molar-refractivity contribution in [2.45, 2.75) is 0 Å². The summed E-state index contributed by atoms with van der Waals surface area (Å²) < 4.78 is 53.8. The highest BCUT2D eigenvalue weighted by Gasteiger charge is 2.47. The topological polar surface area (TPSA) is 143 Å². The summed E-state index contributed by atoms with van der Waals surface area (Å²) in [5.41, 5.74) is 24.9. The smallest absolute Gasteiger partial charge is 0.235 e. The Balaban J connectivity index is 0.000000105. The fourth-order valence-corrected chi connectivity index (χ4v) is 33.5. The fourth-order valence-electron chi connectivity index (χ4n) is 23.6. The van der Waals surface area contributed by atoms with Crippen LogP contribution in [0.4, 0.5) is 0 Å². The summed E-state index contributed by atoms with van der Waals surface area (Å²) in [6.45, 7) is 0. The molecule has 0 aliphatic carbocycles. The van der Waals surface area contributed by atoms with Gasteiger partial charge in [0, 0.05) is 113 Å². The van der Waals surface area contributed by atoms with Gasteiger partial charge in [0.15, 0.2) is 21.4 Å². The zero-order valence-corrected chi connectivity index (χ0v) is 82.8. The van der Waals surface area contributed by atoms with Gasteiger partial charge in [-0.1, -0.05) is 449 Å². The van der Waals surface area contributed by atoms with E-state index in [-0.39, 0.29) is 0 Å². The van der Waals surface area contributed by atoms with E-state index in [9.17, 15) is 0 Å². The fraction of sp³-hybridized carbons (Fsp3) is 0.